The average molecular weight is 319 g/mol. The Bertz CT molecular complexity index is 521. The Morgan fingerprint density at radius 3 is 2.14 bits per heavy atom. The molecule has 8 nitrogen and oxygen atoms in total. The Balaban J connectivity index is 1.82. The minimum Gasteiger partial charge on any atom is -0.480 e. The van der Waals surface area contributed by atoms with Crippen LogP contribution in [0.2, 0.25) is 0 Å². The minimum atomic E-state index is -3.21. The number of rotatable bonds is 5. The fraction of sp³-hybridized carbons (Fsp3) is 0.833. The summed E-state index contributed by atoms with van der Waals surface area (Å²) in [4.78, 5) is 24.8. The maximum Gasteiger partial charge on any atom is 0.323 e. The summed E-state index contributed by atoms with van der Waals surface area (Å²) >= 11 is 0. The molecule has 21 heavy (non-hydrogen) atoms. The van der Waals surface area contributed by atoms with Crippen molar-refractivity contribution < 1.29 is 23.1 Å². The number of carbonyl (C=O) groups is 2. The fourth-order valence-electron chi connectivity index (χ4n) is 2.62. The molecule has 0 aromatic heterocycles. The van der Waals surface area contributed by atoms with Crippen LogP contribution >= 0.6 is 0 Å². The number of sulfonamides is 1. The van der Waals surface area contributed by atoms with Gasteiger partial charge in [0.25, 0.3) is 0 Å². The molecule has 0 unspecified atom stereocenters. The number of carboxylic acid groups (broad SMARTS) is 1. The summed E-state index contributed by atoms with van der Waals surface area (Å²) in [6, 6.07) is 0. The molecule has 1 amide bonds. The second-order valence-corrected chi connectivity index (χ2v) is 7.62. The summed E-state index contributed by atoms with van der Waals surface area (Å²) in [5, 5.41) is 12.0. The predicted octanol–water partition coefficient (Wildman–Crippen LogP) is -1.31. The van der Waals surface area contributed by atoms with Gasteiger partial charge in [-0.05, 0) is 19.3 Å². The molecule has 2 N–H and O–H groups in total. The number of amides is 1. The van der Waals surface area contributed by atoms with Crippen LogP contribution in [0.3, 0.4) is 0 Å². The molecule has 1 saturated carbocycles. The smallest absolute Gasteiger partial charge is 0.323 e. The van der Waals surface area contributed by atoms with E-state index in [0.29, 0.717) is 25.9 Å². The van der Waals surface area contributed by atoms with Gasteiger partial charge >= 0.3 is 5.97 Å². The second kappa shape index (κ2) is 5.90. The van der Waals surface area contributed by atoms with Crippen LogP contribution in [0.4, 0.5) is 0 Å². The van der Waals surface area contributed by atoms with Gasteiger partial charge in [-0.15, -0.1) is 0 Å². The van der Waals surface area contributed by atoms with Crippen molar-refractivity contribution in [2.75, 3.05) is 39.0 Å². The number of piperazine rings is 1. The molecule has 0 spiro atoms. The van der Waals surface area contributed by atoms with Crippen LogP contribution < -0.4 is 5.32 Å². The minimum absolute atomic E-state index is 0.0226. The van der Waals surface area contributed by atoms with Crippen molar-refractivity contribution in [3.63, 3.8) is 0 Å². The highest BCUT2D eigenvalue weighted by molar-refractivity contribution is 7.88. The van der Waals surface area contributed by atoms with E-state index in [-0.39, 0.29) is 25.5 Å². The van der Waals surface area contributed by atoms with Gasteiger partial charge in [0.15, 0.2) is 0 Å². The van der Waals surface area contributed by atoms with Gasteiger partial charge in [-0.1, -0.05) is 0 Å². The van der Waals surface area contributed by atoms with Crippen molar-refractivity contribution in [3.05, 3.63) is 0 Å². The number of nitrogens with one attached hydrogen (secondary N) is 1. The van der Waals surface area contributed by atoms with E-state index < -0.39 is 21.5 Å². The molecule has 1 heterocycles. The highest BCUT2D eigenvalue weighted by Crippen LogP contribution is 2.31. The molecule has 1 aliphatic heterocycles. The standard InChI is InChI=1S/C12H21N3O5S/c1-21(19,20)15-7-5-14(6-8-15)10(16)9-13-12(11(17)18)3-2-4-12/h13H,2-9H2,1H3,(H,17,18). The van der Waals surface area contributed by atoms with Crippen molar-refractivity contribution in [2.24, 2.45) is 0 Å². The largest absolute Gasteiger partial charge is 0.480 e. The van der Waals surface area contributed by atoms with Crippen LogP contribution in [-0.4, -0.2) is 79.1 Å². The summed E-state index contributed by atoms with van der Waals surface area (Å²) in [6.45, 7) is 1.23. The van der Waals surface area contributed by atoms with Gasteiger partial charge in [0.05, 0.1) is 12.8 Å². The number of hydrogen-bond acceptors (Lipinski definition) is 5. The lowest BCUT2D eigenvalue weighted by atomic mass is 9.77. The van der Waals surface area contributed by atoms with Gasteiger partial charge in [-0.2, -0.15) is 4.31 Å². The molecule has 0 radical (unpaired) electrons. The van der Waals surface area contributed by atoms with E-state index in [2.05, 4.69) is 5.32 Å². The molecular weight excluding hydrogens is 298 g/mol. The lowest BCUT2D eigenvalue weighted by molar-refractivity contribution is -0.149. The van der Waals surface area contributed by atoms with Crippen molar-refractivity contribution in [1.82, 2.24) is 14.5 Å². The molecule has 9 heteroatoms. The second-order valence-electron chi connectivity index (χ2n) is 5.64. The third kappa shape index (κ3) is 3.53. The van der Waals surface area contributed by atoms with Gasteiger partial charge in [0.1, 0.15) is 5.54 Å². The van der Waals surface area contributed by atoms with E-state index in [1.807, 2.05) is 0 Å². The van der Waals surface area contributed by atoms with Crippen molar-refractivity contribution >= 4 is 21.9 Å². The molecule has 0 aromatic rings. The third-order valence-electron chi connectivity index (χ3n) is 4.25. The van der Waals surface area contributed by atoms with Crippen LogP contribution in [0.5, 0.6) is 0 Å². The zero-order chi connectivity index (χ0) is 15.7. The molecule has 2 aliphatic rings. The maximum atomic E-state index is 12.1. The van der Waals surface area contributed by atoms with Crippen LogP contribution in [0.15, 0.2) is 0 Å². The van der Waals surface area contributed by atoms with Gasteiger partial charge in [0.2, 0.25) is 15.9 Å². The normalized spacial score (nSPS) is 22.6. The summed E-state index contributed by atoms with van der Waals surface area (Å²) in [5.74, 6) is -1.10. The first-order valence-electron chi connectivity index (χ1n) is 6.96. The third-order valence-corrected chi connectivity index (χ3v) is 5.56. The highest BCUT2D eigenvalue weighted by Gasteiger charge is 2.44. The lowest BCUT2D eigenvalue weighted by Crippen LogP contribution is -2.60. The first kappa shape index (κ1) is 16.2. The number of nitrogens with zero attached hydrogens (tertiary/aromatic N) is 2. The highest BCUT2D eigenvalue weighted by atomic mass is 32.2. The maximum absolute atomic E-state index is 12.1. The van der Waals surface area contributed by atoms with E-state index in [9.17, 15) is 23.1 Å². The molecule has 1 aliphatic carbocycles. The first-order valence-corrected chi connectivity index (χ1v) is 8.81. The zero-order valence-electron chi connectivity index (χ0n) is 12.0. The van der Waals surface area contributed by atoms with Gasteiger partial charge < -0.3 is 10.0 Å². The first-order chi connectivity index (χ1) is 9.74. The monoisotopic (exact) mass is 319 g/mol. The van der Waals surface area contributed by atoms with Crippen LogP contribution in [-0.2, 0) is 19.6 Å². The van der Waals surface area contributed by atoms with E-state index in [1.165, 1.54) is 4.31 Å². The van der Waals surface area contributed by atoms with E-state index in [0.717, 1.165) is 12.7 Å². The van der Waals surface area contributed by atoms with E-state index in [1.54, 1.807) is 4.90 Å². The van der Waals surface area contributed by atoms with E-state index in [4.69, 9.17) is 0 Å². The molecule has 2 rings (SSSR count). The Morgan fingerprint density at radius 2 is 1.76 bits per heavy atom. The molecule has 120 valence electrons. The Labute approximate surface area is 124 Å². The summed E-state index contributed by atoms with van der Waals surface area (Å²) in [5.41, 5.74) is -0.954. The summed E-state index contributed by atoms with van der Waals surface area (Å²) in [7, 11) is -3.21. The fourth-order valence-corrected chi connectivity index (χ4v) is 3.45. The molecule has 1 saturated heterocycles. The summed E-state index contributed by atoms with van der Waals surface area (Å²) in [6.07, 6.45) is 3.08. The predicted molar refractivity (Wildman–Crippen MR) is 75.2 cm³/mol. The van der Waals surface area contributed by atoms with Crippen molar-refractivity contribution in [1.29, 1.82) is 0 Å². The number of hydrogen-bond donors (Lipinski definition) is 2. The molecular formula is C12H21N3O5S. The zero-order valence-corrected chi connectivity index (χ0v) is 12.9. The summed E-state index contributed by atoms with van der Waals surface area (Å²) < 4.78 is 24.1. The number of aliphatic carboxylic acids is 1. The Morgan fingerprint density at radius 1 is 1.19 bits per heavy atom. The Hall–Kier alpha value is -1.19. The molecule has 0 aromatic carbocycles. The topological polar surface area (TPSA) is 107 Å². The number of carboxylic acids is 1. The van der Waals surface area contributed by atoms with Crippen molar-refractivity contribution in [3.8, 4) is 0 Å². The molecule has 0 atom stereocenters. The number of carbonyl (C=O) groups excluding carboxylic acids is 1. The van der Waals surface area contributed by atoms with E-state index >= 15 is 0 Å². The van der Waals surface area contributed by atoms with Crippen LogP contribution in [0, 0.1) is 0 Å². The van der Waals surface area contributed by atoms with Gasteiger partial charge in [-0.25, -0.2) is 8.42 Å². The van der Waals surface area contributed by atoms with Crippen LogP contribution in [0.1, 0.15) is 19.3 Å². The van der Waals surface area contributed by atoms with Crippen LogP contribution in [0.25, 0.3) is 0 Å². The lowest BCUT2D eigenvalue weighted by Gasteiger charge is -2.39. The Kier molecular flexibility index (Phi) is 4.54. The van der Waals surface area contributed by atoms with Gasteiger partial charge in [-0.3, -0.25) is 14.9 Å². The average Bonchev–Trinajstić information content (AvgIpc) is 2.36. The van der Waals surface area contributed by atoms with Gasteiger partial charge in [0, 0.05) is 26.2 Å². The SMILES string of the molecule is CS(=O)(=O)N1CCN(C(=O)CNC2(C(=O)O)CCC2)CC1. The molecule has 0 bridgehead atoms. The van der Waals surface area contributed by atoms with Crippen molar-refractivity contribution in [2.45, 2.75) is 24.8 Å². The molecule has 2 fully saturated rings. The quantitative estimate of drug-likeness (QED) is 0.651.